The highest BCUT2D eigenvalue weighted by Crippen LogP contribution is 2.33. The van der Waals surface area contributed by atoms with E-state index in [1.165, 1.54) is 27.8 Å². The van der Waals surface area contributed by atoms with E-state index < -0.39 is 0 Å². The summed E-state index contributed by atoms with van der Waals surface area (Å²) in [5.41, 5.74) is 13.6. The zero-order chi connectivity index (χ0) is 25.1. The fourth-order valence-electron chi connectivity index (χ4n) is 4.66. The van der Waals surface area contributed by atoms with Crippen molar-refractivity contribution in [2.75, 3.05) is 24.7 Å². The molecule has 0 saturated carbocycles. The number of nitrogens with one attached hydrogen (secondary N) is 2. The van der Waals surface area contributed by atoms with Crippen LogP contribution in [-0.2, 0) is 0 Å². The summed E-state index contributed by atoms with van der Waals surface area (Å²) in [6.45, 7) is 4.30. The number of nitrogens with zero attached hydrogens (tertiary/aromatic N) is 1. The number of pyridine rings is 1. The minimum absolute atomic E-state index is 0.952. The van der Waals surface area contributed by atoms with Gasteiger partial charge in [0, 0.05) is 36.6 Å². The van der Waals surface area contributed by atoms with Crippen molar-refractivity contribution in [1.82, 2.24) is 4.98 Å². The summed E-state index contributed by atoms with van der Waals surface area (Å²) >= 11 is 0. The second-order valence-electron chi connectivity index (χ2n) is 9.24. The van der Waals surface area contributed by atoms with Crippen LogP contribution in [0.15, 0.2) is 103 Å². The van der Waals surface area contributed by atoms with Gasteiger partial charge in [-0.05, 0) is 72.5 Å². The lowest BCUT2D eigenvalue weighted by Crippen LogP contribution is -1.94. The molecule has 2 N–H and O–H groups in total. The topological polar surface area (TPSA) is 37.0 Å². The van der Waals surface area contributed by atoms with Gasteiger partial charge in [-0.2, -0.15) is 0 Å². The molecule has 0 amide bonds. The summed E-state index contributed by atoms with van der Waals surface area (Å²) in [5, 5.41) is 6.48. The second kappa shape index (κ2) is 10.1. The van der Waals surface area contributed by atoms with Crippen molar-refractivity contribution in [3.8, 4) is 44.8 Å². The number of aromatic nitrogens is 1. The molecule has 0 atom stereocenters. The molecular weight excluding hydrogens is 438 g/mol. The highest BCUT2D eigenvalue weighted by Gasteiger charge is 2.11. The van der Waals surface area contributed by atoms with Gasteiger partial charge in [0.05, 0.1) is 11.4 Å². The van der Waals surface area contributed by atoms with Crippen LogP contribution in [0, 0.1) is 13.8 Å². The van der Waals surface area contributed by atoms with E-state index in [0.29, 0.717) is 0 Å². The van der Waals surface area contributed by atoms with Crippen LogP contribution < -0.4 is 10.6 Å². The lowest BCUT2D eigenvalue weighted by Gasteiger charge is -2.13. The quantitative estimate of drug-likeness (QED) is 0.262. The molecule has 5 rings (SSSR count). The first-order valence-corrected chi connectivity index (χ1v) is 12.3. The highest BCUT2D eigenvalue weighted by molar-refractivity contribution is 5.79. The Morgan fingerprint density at radius 1 is 0.444 bits per heavy atom. The monoisotopic (exact) mass is 469 g/mol. The van der Waals surface area contributed by atoms with Crippen molar-refractivity contribution in [1.29, 1.82) is 0 Å². The fraction of sp³-hybridized carbons (Fsp3) is 0.121. The highest BCUT2D eigenvalue weighted by atomic mass is 14.8. The number of aryl methyl sites for hydroxylation is 2. The van der Waals surface area contributed by atoms with Crippen molar-refractivity contribution in [3.63, 3.8) is 0 Å². The number of benzene rings is 4. The molecule has 0 aliphatic rings. The van der Waals surface area contributed by atoms with Crippen LogP contribution in [0.2, 0.25) is 0 Å². The summed E-state index contributed by atoms with van der Waals surface area (Å²) < 4.78 is 0. The van der Waals surface area contributed by atoms with E-state index >= 15 is 0 Å². The number of anilines is 2. The third-order valence-electron chi connectivity index (χ3n) is 6.49. The average Bonchev–Trinajstić information content (AvgIpc) is 2.92. The van der Waals surface area contributed by atoms with Gasteiger partial charge in [-0.3, -0.25) is 0 Å². The van der Waals surface area contributed by atoms with Gasteiger partial charge in [0.15, 0.2) is 0 Å². The molecule has 4 aromatic carbocycles. The average molecular weight is 470 g/mol. The van der Waals surface area contributed by atoms with Gasteiger partial charge < -0.3 is 10.6 Å². The Morgan fingerprint density at radius 3 is 1.33 bits per heavy atom. The van der Waals surface area contributed by atoms with Gasteiger partial charge in [-0.25, -0.2) is 4.98 Å². The van der Waals surface area contributed by atoms with Crippen molar-refractivity contribution >= 4 is 11.4 Å². The molecule has 0 aliphatic carbocycles. The van der Waals surface area contributed by atoms with Crippen LogP contribution in [-0.4, -0.2) is 19.1 Å². The SMILES string of the molecule is CNc1cccc(-c2cc(-c3ccc(-c4cc(C)cc(C)c4)cc3)cc(-c3cccc(NC)c3)n2)c1. The van der Waals surface area contributed by atoms with Gasteiger partial charge in [-0.15, -0.1) is 0 Å². The molecule has 5 aromatic rings. The Balaban J connectivity index is 1.61. The fourth-order valence-corrected chi connectivity index (χ4v) is 4.66. The molecule has 0 unspecified atom stereocenters. The van der Waals surface area contributed by atoms with Crippen LogP contribution in [0.25, 0.3) is 44.8 Å². The largest absolute Gasteiger partial charge is 0.388 e. The van der Waals surface area contributed by atoms with Crippen molar-refractivity contribution < 1.29 is 0 Å². The summed E-state index contributed by atoms with van der Waals surface area (Å²) in [4.78, 5) is 5.08. The van der Waals surface area contributed by atoms with Crippen molar-refractivity contribution in [3.05, 3.63) is 114 Å². The third-order valence-corrected chi connectivity index (χ3v) is 6.49. The third kappa shape index (κ3) is 5.01. The minimum Gasteiger partial charge on any atom is -0.388 e. The van der Waals surface area contributed by atoms with Gasteiger partial charge in [0.2, 0.25) is 0 Å². The number of rotatable bonds is 6. The molecule has 0 aliphatic heterocycles. The van der Waals surface area contributed by atoms with E-state index in [1.54, 1.807) is 0 Å². The molecule has 0 spiro atoms. The molecule has 3 heteroatoms. The molecule has 0 radical (unpaired) electrons. The zero-order valence-corrected chi connectivity index (χ0v) is 21.3. The van der Waals surface area contributed by atoms with Crippen LogP contribution >= 0.6 is 0 Å². The van der Waals surface area contributed by atoms with Crippen molar-refractivity contribution in [2.24, 2.45) is 0 Å². The molecule has 36 heavy (non-hydrogen) atoms. The van der Waals surface area contributed by atoms with Gasteiger partial charge in [0.1, 0.15) is 0 Å². The molecule has 178 valence electrons. The van der Waals surface area contributed by atoms with Crippen LogP contribution in [0.4, 0.5) is 11.4 Å². The Kier molecular flexibility index (Phi) is 6.55. The molecular formula is C33H31N3. The lowest BCUT2D eigenvalue weighted by atomic mass is 9.96. The summed E-state index contributed by atoms with van der Waals surface area (Å²) in [6, 6.07) is 36.7. The van der Waals surface area contributed by atoms with E-state index in [9.17, 15) is 0 Å². The maximum absolute atomic E-state index is 5.08. The Hall–Kier alpha value is -4.37. The first-order valence-electron chi connectivity index (χ1n) is 12.3. The second-order valence-corrected chi connectivity index (χ2v) is 9.24. The van der Waals surface area contributed by atoms with Gasteiger partial charge in [0.25, 0.3) is 0 Å². The maximum Gasteiger partial charge on any atom is 0.0716 e. The standard InChI is InChI=1S/C33H31N3/c1-22-15-23(2)17-28(16-22)24-11-13-25(14-12-24)29-20-32(26-7-5-9-30(18-26)34-3)36-33(21-29)27-8-6-10-31(19-27)35-4/h5-21,34-35H,1-4H3. The minimum atomic E-state index is 0.952. The first-order chi connectivity index (χ1) is 17.5. The summed E-state index contributed by atoms with van der Waals surface area (Å²) in [5.74, 6) is 0. The summed E-state index contributed by atoms with van der Waals surface area (Å²) in [6.07, 6.45) is 0. The predicted octanol–water partition coefficient (Wildman–Crippen LogP) is 8.45. The van der Waals surface area contributed by atoms with Crippen LogP contribution in [0.1, 0.15) is 11.1 Å². The van der Waals surface area contributed by atoms with Gasteiger partial charge in [-0.1, -0.05) is 77.9 Å². The molecule has 0 fully saturated rings. The van der Waals surface area contributed by atoms with Gasteiger partial charge >= 0.3 is 0 Å². The Labute approximate surface area is 213 Å². The van der Waals surface area contributed by atoms with Crippen LogP contribution in [0.5, 0.6) is 0 Å². The smallest absolute Gasteiger partial charge is 0.0716 e. The van der Waals surface area contributed by atoms with E-state index in [2.05, 4.69) is 128 Å². The van der Waals surface area contributed by atoms with Crippen LogP contribution in [0.3, 0.4) is 0 Å². The van der Waals surface area contributed by atoms with E-state index in [4.69, 9.17) is 4.98 Å². The zero-order valence-electron chi connectivity index (χ0n) is 21.3. The number of hydrogen-bond donors (Lipinski definition) is 2. The summed E-state index contributed by atoms with van der Waals surface area (Å²) in [7, 11) is 3.88. The Morgan fingerprint density at radius 2 is 0.889 bits per heavy atom. The molecule has 3 nitrogen and oxygen atoms in total. The van der Waals surface area contributed by atoms with Crippen molar-refractivity contribution in [2.45, 2.75) is 13.8 Å². The Bertz CT molecular complexity index is 1430. The predicted molar refractivity (Wildman–Crippen MR) is 155 cm³/mol. The maximum atomic E-state index is 5.08. The van der Waals surface area contributed by atoms with E-state index in [0.717, 1.165) is 39.5 Å². The van der Waals surface area contributed by atoms with E-state index in [-0.39, 0.29) is 0 Å². The molecule has 1 heterocycles. The molecule has 1 aromatic heterocycles. The number of hydrogen-bond acceptors (Lipinski definition) is 3. The lowest BCUT2D eigenvalue weighted by molar-refractivity contribution is 1.32. The molecule has 0 bridgehead atoms. The molecule has 0 saturated heterocycles. The first kappa shape index (κ1) is 23.4. The normalized spacial score (nSPS) is 10.8. The van der Waals surface area contributed by atoms with E-state index in [1.807, 2.05) is 14.1 Å².